The molecule has 3 aromatic rings. The number of nitrogens with zero attached hydrogens (tertiary/aromatic N) is 2. The van der Waals surface area contributed by atoms with Crippen molar-refractivity contribution in [1.29, 1.82) is 0 Å². The molecular weight excluding hydrogens is 451 g/mol. The molecule has 0 spiro atoms. The second-order valence-corrected chi connectivity index (χ2v) is 9.69. The van der Waals surface area contributed by atoms with E-state index in [2.05, 4.69) is 10.3 Å². The van der Waals surface area contributed by atoms with E-state index in [4.69, 9.17) is 4.74 Å². The summed E-state index contributed by atoms with van der Waals surface area (Å²) in [6.07, 6.45) is 0.153. The lowest BCUT2D eigenvalue weighted by Gasteiger charge is -2.42. The lowest BCUT2D eigenvalue weighted by atomic mass is 9.81. The van der Waals surface area contributed by atoms with Crippen LogP contribution in [0.4, 0.5) is 9.18 Å². The Morgan fingerprint density at radius 1 is 1.29 bits per heavy atom. The van der Waals surface area contributed by atoms with Crippen LogP contribution in [-0.4, -0.2) is 63.6 Å². The Kier molecular flexibility index (Phi) is 5.47. The number of nitrogens with one attached hydrogen (secondary N) is 2. The summed E-state index contributed by atoms with van der Waals surface area (Å²) in [7, 11) is 1.41. The van der Waals surface area contributed by atoms with Gasteiger partial charge in [0.1, 0.15) is 17.3 Å². The van der Waals surface area contributed by atoms with Gasteiger partial charge in [-0.2, -0.15) is 0 Å². The quantitative estimate of drug-likeness (QED) is 0.468. The van der Waals surface area contributed by atoms with Gasteiger partial charge in [-0.3, -0.25) is 14.6 Å². The highest BCUT2D eigenvalue weighted by Gasteiger charge is 2.60. The van der Waals surface area contributed by atoms with E-state index in [0.717, 1.165) is 0 Å². The maximum absolute atomic E-state index is 15.5. The minimum Gasteiger partial charge on any atom is -0.508 e. The van der Waals surface area contributed by atoms with Crippen molar-refractivity contribution in [2.45, 2.75) is 44.8 Å². The first kappa shape index (κ1) is 23.2. The molecule has 2 atom stereocenters. The molecule has 2 aliphatic heterocycles. The minimum atomic E-state index is -1.22. The molecule has 0 unspecified atom stereocenters. The number of methoxy groups -OCH3 is 1. The van der Waals surface area contributed by atoms with Gasteiger partial charge in [0.15, 0.2) is 11.6 Å². The number of phenols is 1. The van der Waals surface area contributed by atoms with Crippen molar-refractivity contribution < 1.29 is 23.8 Å². The van der Waals surface area contributed by atoms with Crippen molar-refractivity contribution in [1.82, 2.24) is 20.1 Å². The molecular formula is C26H29FN4O4. The van der Waals surface area contributed by atoms with Crippen LogP contribution in [0.15, 0.2) is 36.4 Å². The van der Waals surface area contributed by atoms with Crippen LogP contribution < -0.4 is 10.1 Å². The summed E-state index contributed by atoms with van der Waals surface area (Å²) in [5.74, 6) is -0.683. The van der Waals surface area contributed by atoms with E-state index in [1.807, 2.05) is 13.8 Å². The number of phenolic OH excluding ortho intramolecular Hbond substituents is 1. The van der Waals surface area contributed by atoms with Crippen molar-refractivity contribution in [2.24, 2.45) is 0 Å². The number of fused-ring (bicyclic) bond motifs is 4. The second kappa shape index (κ2) is 8.27. The van der Waals surface area contributed by atoms with Gasteiger partial charge in [-0.05, 0) is 42.3 Å². The first-order chi connectivity index (χ1) is 16.7. The Morgan fingerprint density at radius 2 is 2.06 bits per heavy atom. The molecule has 0 radical (unpaired) electrons. The van der Waals surface area contributed by atoms with E-state index < -0.39 is 23.4 Å². The van der Waals surface area contributed by atoms with Gasteiger partial charge in [-0.1, -0.05) is 26.0 Å². The first-order valence-electron chi connectivity index (χ1n) is 11.7. The highest BCUT2D eigenvalue weighted by Crippen LogP contribution is 2.49. The predicted molar refractivity (Wildman–Crippen MR) is 129 cm³/mol. The summed E-state index contributed by atoms with van der Waals surface area (Å²) in [5.41, 5.74) is 1.22. The molecule has 9 heteroatoms. The number of hydrogen-bond donors (Lipinski definition) is 3. The summed E-state index contributed by atoms with van der Waals surface area (Å²) in [6.45, 7) is 6.42. The minimum absolute atomic E-state index is 0.0382. The van der Waals surface area contributed by atoms with Gasteiger partial charge < -0.3 is 20.1 Å². The molecule has 0 aliphatic carbocycles. The van der Waals surface area contributed by atoms with Crippen LogP contribution in [0, 0.1) is 5.82 Å². The fourth-order valence-electron chi connectivity index (χ4n) is 5.41. The highest BCUT2D eigenvalue weighted by atomic mass is 19.1. The van der Waals surface area contributed by atoms with Crippen LogP contribution in [0.25, 0.3) is 10.9 Å². The predicted octanol–water partition coefficient (Wildman–Crippen LogP) is 3.69. The van der Waals surface area contributed by atoms with E-state index in [-0.39, 0.29) is 36.4 Å². The maximum atomic E-state index is 15.5. The molecule has 3 amide bonds. The van der Waals surface area contributed by atoms with Crippen molar-refractivity contribution in [3.05, 3.63) is 59.0 Å². The van der Waals surface area contributed by atoms with Crippen molar-refractivity contribution in [3.8, 4) is 11.5 Å². The second-order valence-electron chi connectivity index (χ2n) is 9.69. The van der Waals surface area contributed by atoms with Crippen molar-refractivity contribution in [3.63, 3.8) is 0 Å². The number of amides is 3. The zero-order valence-corrected chi connectivity index (χ0v) is 20.2. The van der Waals surface area contributed by atoms with Gasteiger partial charge in [-0.25, -0.2) is 9.18 Å². The Hall–Kier alpha value is -3.59. The van der Waals surface area contributed by atoms with Crippen LogP contribution in [0.3, 0.4) is 0 Å². The van der Waals surface area contributed by atoms with Gasteiger partial charge in [0.25, 0.3) is 5.91 Å². The topological polar surface area (TPSA) is 97.9 Å². The summed E-state index contributed by atoms with van der Waals surface area (Å²) >= 11 is 0. The number of carbonyl (C=O) groups is 2. The number of aromatic hydroxyl groups is 1. The monoisotopic (exact) mass is 480 g/mol. The van der Waals surface area contributed by atoms with Gasteiger partial charge in [-0.15, -0.1) is 0 Å². The number of aromatic nitrogens is 1. The summed E-state index contributed by atoms with van der Waals surface area (Å²) in [4.78, 5) is 33.6. The van der Waals surface area contributed by atoms with Crippen LogP contribution in [0.2, 0.25) is 0 Å². The maximum Gasteiger partial charge on any atom is 0.328 e. The number of carbonyl (C=O) groups excluding carboxylic acids is 2. The number of ether oxygens (including phenoxy) is 1. The molecule has 3 N–H and O–H groups in total. The van der Waals surface area contributed by atoms with Crippen molar-refractivity contribution >= 4 is 22.8 Å². The number of imide groups is 1. The SMILES string of the molecule is COc1ccc2[nH]c3c(c2c1F)C[C@@]1(C)C(=O)N(CCNC(C)C)C(=O)N1[C@@H]3c1cccc(O)c1. The normalized spacial score (nSPS) is 21.7. The number of H-pyrrole nitrogens is 1. The third-order valence-electron chi connectivity index (χ3n) is 7.02. The number of aromatic amines is 1. The van der Waals surface area contributed by atoms with Crippen LogP contribution >= 0.6 is 0 Å². The summed E-state index contributed by atoms with van der Waals surface area (Å²) in [5, 5.41) is 13.8. The van der Waals surface area contributed by atoms with E-state index in [1.54, 1.807) is 48.2 Å². The standard InChI is InChI=1S/C26H29FN4O4/c1-14(2)28-10-11-30-24(33)26(3)13-17-20-18(8-9-19(35-4)21(20)27)29-22(17)23(31(26)25(30)34)15-6-5-7-16(32)12-15/h5-9,12,14,23,28-29,32H,10-11,13H2,1-4H3/t23-,26+/m1/s1. The number of benzene rings is 2. The van der Waals surface area contributed by atoms with E-state index in [9.17, 15) is 14.7 Å². The molecule has 8 nitrogen and oxygen atoms in total. The summed E-state index contributed by atoms with van der Waals surface area (Å²) in [6, 6.07) is 8.98. The van der Waals surface area contributed by atoms with Crippen molar-refractivity contribution in [2.75, 3.05) is 20.2 Å². The van der Waals surface area contributed by atoms with E-state index in [1.165, 1.54) is 12.0 Å². The Labute approximate surface area is 202 Å². The molecule has 2 aliphatic rings. The molecule has 0 bridgehead atoms. The fraction of sp³-hybridized carbons (Fsp3) is 0.385. The zero-order chi connectivity index (χ0) is 25.1. The Morgan fingerprint density at radius 3 is 2.74 bits per heavy atom. The smallest absolute Gasteiger partial charge is 0.328 e. The number of rotatable bonds is 6. The van der Waals surface area contributed by atoms with Gasteiger partial charge >= 0.3 is 6.03 Å². The fourth-order valence-corrected chi connectivity index (χ4v) is 5.41. The first-order valence-corrected chi connectivity index (χ1v) is 11.7. The zero-order valence-electron chi connectivity index (χ0n) is 20.2. The largest absolute Gasteiger partial charge is 0.508 e. The average molecular weight is 481 g/mol. The molecule has 1 saturated heterocycles. The van der Waals surface area contributed by atoms with Crippen LogP contribution in [0.5, 0.6) is 11.5 Å². The number of hydrogen-bond acceptors (Lipinski definition) is 5. The molecule has 1 fully saturated rings. The molecule has 35 heavy (non-hydrogen) atoms. The molecule has 2 aromatic carbocycles. The van der Waals surface area contributed by atoms with Gasteiger partial charge in [0, 0.05) is 42.1 Å². The number of halogens is 1. The average Bonchev–Trinajstić information content (AvgIpc) is 3.26. The lowest BCUT2D eigenvalue weighted by Crippen LogP contribution is -2.53. The van der Waals surface area contributed by atoms with Gasteiger partial charge in [0.2, 0.25) is 0 Å². The Bertz CT molecular complexity index is 1340. The lowest BCUT2D eigenvalue weighted by molar-refractivity contribution is -0.133. The molecule has 5 rings (SSSR count). The van der Waals surface area contributed by atoms with E-state index in [0.29, 0.717) is 34.3 Å². The van der Waals surface area contributed by atoms with Crippen LogP contribution in [0.1, 0.15) is 43.6 Å². The molecule has 3 heterocycles. The summed E-state index contributed by atoms with van der Waals surface area (Å²) < 4.78 is 20.7. The van der Waals surface area contributed by atoms with Crippen LogP contribution in [-0.2, 0) is 11.2 Å². The third kappa shape index (κ3) is 3.44. The number of urea groups is 1. The molecule has 0 saturated carbocycles. The third-order valence-corrected chi connectivity index (χ3v) is 7.02. The Balaban J connectivity index is 1.70. The van der Waals surface area contributed by atoms with E-state index >= 15 is 4.39 Å². The molecule has 1 aromatic heterocycles. The van der Waals surface area contributed by atoms with Gasteiger partial charge in [0.05, 0.1) is 7.11 Å². The highest BCUT2D eigenvalue weighted by molar-refractivity contribution is 6.08. The molecule has 184 valence electrons.